The van der Waals surface area contributed by atoms with Crippen molar-refractivity contribution in [2.24, 2.45) is 0 Å². The van der Waals surface area contributed by atoms with Crippen molar-refractivity contribution in [1.82, 2.24) is 14.7 Å². The van der Waals surface area contributed by atoms with E-state index in [1.54, 1.807) is 24.3 Å². The summed E-state index contributed by atoms with van der Waals surface area (Å²) < 4.78 is 7.87. The normalized spacial score (nSPS) is 14.2. The molecule has 0 aliphatic carbocycles. The van der Waals surface area contributed by atoms with Crippen LogP contribution in [0.2, 0.25) is 0 Å². The Balaban J connectivity index is 1.38. The zero-order chi connectivity index (χ0) is 23.3. The van der Waals surface area contributed by atoms with Crippen molar-refractivity contribution >= 4 is 0 Å². The molecule has 174 valence electrons. The molecule has 0 atom stereocenters. The molecule has 1 saturated heterocycles. The summed E-state index contributed by atoms with van der Waals surface area (Å²) in [5, 5.41) is 24.2. The molecule has 5 rings (SSSR count). The first-order valence-corrected chi connectivity index (χ1v) is 11.8. The minimum Gasteiger partial charge on any atom is -0.508 e. The summed E-state index contributed by atoms with van der Waals surface area (Å²) >= 11 is 0. The predicted molar refractivity (Wildman–Crippen MR) is 134 cm³/mol. The summed E-state index contributed by atoms with van der Waals surface area (Å²) in [4.78, 5) is 2.47. The van der Waals surface area contributed by atoms with E-state index >= 15 is 0 Å². The summed E-state index contributed by atoms with van der Waals surface area (Å²) in [5.74, 6) is 1.29. The minimum absolute atomic E-state index is 0.210. The Labute approximate surface area is 199 Å². The molecule has 3 aromatic carbocycles. The van der Waals surface area contributed by atoms with Gasteiger partial charge in [-0.05, 0) is 105 Å². The third-order valence-electron chi connectivity index (χ3n) is 6.24. The standard InChI is InChI=1S/C28H29N3O3/c32-24-10-4-21(5-11-24)27-20-28(31(29-27)23-8-12-25(33)13-9-23)22-6-14-26(15-7-22)34-19-18-30-16-2-1-3-17-30/h4-15,20,32-33H,1-3,16-19H2. The van der Waals surface area contributed by atoms with Crippen molar-refractivity contribution in [3.05, 3.63) is 78.9 Å². The Bertz CT molecular complexity index is 1210. The second-order valence-electron chi connectivity index (χ2n) is 8.67. The molecule has 4 aromatic rings. The highest BCUT2D eigenvalue weighted by Gasteiger charge is 2.14. The molecule has 2 N–H and O–H groups in total. The van der Waals surface area contributed by atoms with Gasteiger partial charge in [-0.1, -0.05) is 6.42 Å². The molecule has 1 aliphatic heterocycles. The molecule has 1 fully saturated rings. The number of likely N-dealkylation sites (tertiary alicyclic amines) is 1. The third kappa shape index (κ3) is 5.07. The minimum atomic E-state index is 0.210. The van der Waals surface area contributed by atoms with E-state index in [1.165, 1.54) is 32.4 Å². The Kier molecular flexibility index (Phi) is 6.49. The van der Waals surface area contributed by atoms with Gasteiger partial charge >= 0.3 is 0 Å². The fourth-order valence-electron chi connectivity index (χ4n) is 4.35. The number of hydrogen-bond acceptors (Lipinski definition) is 5. The van der Waals surface area contributed by atoms with Crippen LogP contribution in [-0.2, 0) is 0 Å². The van der Waals surface area contributed by atoms with Gasteiger partial charge in [-0.15, -0.1) is 0 Å². The maximum absolute atomic E-state index is 9.71. The molecule has 0 radical (unpaired) electrons. The van der Waals surface area contributed by atoms with E-state index in [0.29, 0.717) is 6.61 Å². The highest BCUT2D eigenvalue weighted by atomic mass is 16.5. The van der Waals surface area contributed by atoms with Gasteiger partial charge in [0.1, 0.15) is 23.9 Å². The molecule has 6 nitrogen and oxygen atoms in total. The van der Waals surface area contributed by atoms with Gasteiger partial charge in [-0.3, -0.25) is 4.90 Å². The van der Waals surface area contributed by atoms with Crippen LogP contribution in [0.3, 0.4) is 0 Å². The molecule has 0 bridgehead atoms. The number of ether oxygens (including phenoxy) is 1. The molecule has 0 amide bonds. The van der Waals surface area contributed by atoms with Crippen molar-refractivity contribution in [2.45, 2.75) is 19.3 Å². The SMILES string of the molecule is Oc1ccc(-c2cc(-c3ccc(OCCN4CCCCC4)cc3)n(-c3ccc(O)cc3)n2)cc1. The van der Waals surface area contributed by atoms with Gasteiger partial charge in [-0.2, -0.15) is 5.10 Å². The van der Waals surface area contributed by atoms with Gasteiger partial charge < -0.3 is 14.9 Å². The van der Waals surface area contributed by atoms with E-state index in [2.05, 4.69) is 4.90 Å². The van der Waals surface area contributed by atoms with Crippen LogP contribution in [0.25, 0.3) is 28.2 Å². The van der Waals surface area contributed by atoms with Crippen molar-refractivity contribution in [2.75, 3.05) is 26.2 Å². The Morgan fingerprint density at radius 2 is 1.35 bits per heavy atom. The highest BCUT2D eigenvalue weighted by Crippen LogP contribution is 2.31. The fourth-order valence-corrected chi connectivity index (χ4v) is 4.35. The quantitative estimate of drug-likeness (QED) is 0.386. The first-order valence-electron chi connectivity index (χ1n) is 11.8. The van der Waals surface area contributed by atoms with Crippen LogP contribution in [0.1, 0.15) is 19.3 Å². The van der Waals surface area contributed by atoms with Crippen molar-refractivity contribution in [3.63, 3.8) is 0 Å². The van der Waals surface area contributed by atoms with Crippen molar-refractivity contribution in [3.8, 4) is 45.5 Å². The number of hydrogen-bond donors (Lipinski definition) is 2. The van der Waals surface area contributed by atoms with Crippen LogP contribution in [0.5, 0.6) is 17.2 Å². The van der Waals surface area contributed by atoms with Gasteiger partial charge in [0.05, 0.1) is 17.1 Å². The lowest BCUT2D eigenvalue weighted by molar-refractivity contribution is 0.183. The predicted octanol–water partition coefficient (Wildman–Crippen LogP) is 5.48. The number of aromatic hydroxyl groups is 2. The highest BCUT2D eigenvalue weighted by molar-refractivity contribution is 5.71. The molecule has 34 heavy (non-hydrogen) atoms. The van der Waals surface area contributed by atoms with E-state index in [9.17, 15) is 10.2 Å². The number of aromatic nitrogens is 2. The van der Waals surface area contributed by atoms with E-state index in [0.717, 1.165) is 40.5 Å². The van der Waals surface area contributed by atoms with Crippen molar-refractivity contribution in [1.29, 1.82) is 0 Å². The van der Waals surface area contributed by atoms with Gasteiger partial charge in [0.15, 0.2) is 0 Å². The molecular weight excluding hydrogens is 426 g/mol. The average Bonchev–Trinajstić information content (AvgIpc) is 3.31. The maximum Gasteiger partial charge on any atom is 0.119 e. The van der Waals surface area contributed by atoms with Crippen LogP contribution < -0.4 is 4.74 Å². The third-order valence-corrected chi connectivity index (χ3v) is 6.24. The van der Waals surface area contributed by atoms with E-state index in [-0.39, 0.29) is 11.5 Å². The number of phenolic OH excluding ortho intramolecular Hbond substituents is 2. The summed E-state index contributed by atoms with van der Waals surface area (Å²) in [6.45, 7) is 4.00. The molecule has 1 aromatic heterocycles. The zero-order valence-corrected chi connectivity index (χ0v) is 19.1. The summed E-state index contributed by atoms with van der Waals surface area (Å²) in [7, 11) is 0. The first-order chi connectivity index (χ1) is 16.7. The van der Waals surface area contributed by atoms with Gasteiger partial charge in [0, 0.05) is 17.7 Å². The lowest BCUT2D eigenvalue weighted by Crippen LogP contribution is -2.33. The summed E-state index contributed by atoms with van der Waals surface area (Å²) in [5.41, 5.74) is 4.49. The van der Waals surface area contributed by atoms with E-state index in [1.807, 2.05) is 59.3 Å². The fraction of sp³-hybridized carbons (Fsp3) is 0.250. The molecule has 0 spiro atoms. The molecular formula is C28H29N3O3. The summed E-state index contributed by atoms with van der Waals surface area (Å²) in [6.07, 6.45) is 3.92. The smallest absolute Gasteiger partial charge is 0.119 e. The second kappa shape index (κ2) is 10.0. The lowest BCUT2D eigenvalue weighted by Gasteiger charge is -2.26. The number of piperidine rings is 1. The second-order valence-corrected chi connectivity index (χ2v) is 8.67. The van der Waals surface area contributed by atoms with E-state index in [4.69, 9.17) is 9.84 Å². The molecule has 0 unspecified atom stereocenters. The van der Waals surface area contributed by atoms with Crippen molar-refractivity contribution < 1.29 is 14.9 Å². The number of phenols is 2. The monoisotopic (exact) mass is 455 g/mol. The zero-order valence-electron chi connectivity index (χ0n) is 19.1. The Morgan fingerprint density at radius 1 is 0.735 bits per heavy atom. The van der Waals surface area contributed by atoms with E-state index < -0.39 is 0 Å². The number of benzene rings is 3. The maximum atomic E-state index is 9.71. The Hall–Kier alpha value is -3.77. The molecule has 6 heteroatoms. The lowest BCUT2D eigenvalue weighted by atomic mass is 10.1. The van der Waals surface area contributed by atoms with Gasteiger partial charge in [0.25, 0.3) is 0 Å². The first kappa shape index (κ1) is 22.0. The molecule has 1 aliphatic rings. The number of nitrogens with zero attached hydrogens (tertiary/aromatic N) is 3. The van der Waals surface area contributed by atoms with Crippen LogP contribution in [0.4, 0.5) is 0 Å². The molecule has 2 heterocycles. The topological polar surface area (TPSA) is 70.8 Å². The van der Waals surface area contributed by atoms with Crippen LogP contribution in [0.15, 0.2) is 78.9 Å². The van der Waals surface area contributed by atoms with Gasteiger partial charge in [0.2, 0.25) is 0 Å². The number of rotatable bonds is 7. The van der Waals surface area contributed by atoms with Crippen LogP contribution in [0, 0.1) is 0 Å². The Morgan fingerprint density at radius 3 is 2.03 bits per heavy atom. The van der Waals surface area contributed by atoms with Crippen LogP contribution >= 0.6 is 0 Å². The molecule has 0 saturated carbocycles. The van der Waals surface area contributed by atoms with Gasteiger partial charge in [-0.25, -0.2) is 4.68 Å². The largest absolute Gasteiger partial charge is 0.508 e. The average molecular weight is 456 g/mol. The van der Waals surface area contributed by atoms with Crippen LogP contribution in [-0.4, -0.2) is 51.1 Å². The summed E-state index contributed by atoms with van der Waals surface area (Å²) in [6, 6.07) is 24.1.